The van der Waals surface area contributed by atoms with E-state index in [1.54, 1.807) is 24.3 Å². The first-order chi connectivity index (χ1) is 16.8. The maximum absolute atomic E-state index is 12.9. The van der Waals surface area contributed by atoms with Crippen molar-refractivity contribution in [3.63, 3.8) is 0 Å². The number of sulfonamides is 1. The van der Waals surface area contributed by atoms with Crippen LogP contribution >= 0.6 is 11.3 Å². The number of nitrogens with one attached hydrogen (secondary N) is 1. The zero-order valence-corrected chi connectivity index (χ0v) is 21.2. The van der Waals surface area contributed by atoms with Crippen LogP contribution in [-0.2, 0) is 19.6 Å². The van der Waals surface area contributed by atoms with Gasteiger partial charge in [-0.2, -0.15) is 4.31 Å². The number of esters is 1. The molecular formula is C25H27N3O5S2. The number of rotatable bonds is 7. The molecule has 1 saturated heterocycles. The highest BCUT2D eigenvalue weighted by Gasteiger charge is 2.29. The lowest BCUT2D eigenvalue weighted by Gasteiger charge is -2.33. The lowest BCUT2D eigenvalue weighted by atomic mass is 10.0. The lowest BCUT2D eigenvalue weighted by Crippen LogP contribution is -2.50. The van der Waals surface area contributed by atoms with Crippen molar-refractivity contribution in [2.24, 2.45) is 0 Å². The van der Waals surface area contributed by atoms with Crippen LogP contribution < -0.4 is 5.32 Å². The van der Waals surface area contributed by atoms with E-state index >= 15 is 0 Å². The Morgan fingerprint density at radius 3 is 2.29 bits per heavy atom. The molecule has 1 aliphatic heterocycles. The van der Waals surface area contributed by atoms with E-state index in [1.807, 2.05) is 47.5 Å². The van der Waals surface area contributed by atoms with Gasteiger partial charge >= 0.3 is 5.97 Å². The largest absolute Gasteiger partial charge is 0.465 e. The molecule has 4 rings (SSSR count). The SMILES string of the molecule is COC(=O)c1c(-c2ccccc2)csc1NC(=O)CN1CCN(S(=O)(=O)c2ccc(C)cc2)CC1. The molecule has 1 fully saturated rings. The summed E-state index contributed by atoms with van der Waals surface area (Å²) in [7, 11) is -2.25. The van der Waals surface area contributed by atoms with Crippen LogP contribution in [-0.4, -0.2) is 69.3 Å². The summed E-state index contributed by atoms with van der Waals surface area (Å²) in [5.74, 6) is -0.790. The average molecular weight is 514 g/mol. The molecular weight excluding hydrogens is 486 g/mol. The molecule has 35 heavy (non-hydrogen) atoms. The molecule has 1 N–H and O–H groups in total. The van der Waals surface area contributed by atoms with Gasteiger partial charge in [0, 0.05) is 37.1 Å². The summed E-state index contributed by atoms with van der Waals surface area (Å²) in [5.41, 5.74) is 2.88. The normalized spacial score (nSPS) is 15.0. The smallest absolute Gasteiger partial charge is 0.341 e. The van der Waals surface area contributed by atoms with E-state index in [9.17, 15) is 18.0 Å². The fourth-order valence-electron chi connectivity index (χ4n) is 3.94. The Kier molecular flexibility index (Phi) is 7.66. The van der Waals surface area contributed by atoms with E-state index in [1.165, 1.54) is 22.8 Å². The van der Waals surface area contributed by atoms with Gasteiger partial charge in [0.1, 0.15) is 10.6 Å². The lowest BCUT2D eigenvalue weighted by molar-refractivity contribution is -0.117. The number of carbonyl (C=O) groups is 2. The summed E-state index contributed by atoms with van der Waals surface area (Å²) in [6.07, 6.45) is 0. The van der Waals surface area contributed by atoms with Crippen molar-refractivity contribution in [3.05, 3.63) is 71.1 Å². The number of benzene rings is 2. The van der Waals surface area contributed by atoms with Gasteiger partial charge in [0.05, 0.1) is 18.6 Å². The van der Waals surface area contributed by atoms with E-state index in [2.05, 4.69) is 5.32 Å². The minimum Gasteiger partial charge on any atom is -0.465 e. The number of amides is 1. The van der Waals surface area contributed by atoms with Gasteiger partial charge in [0.15, 0.2) is 0 Å². The predicted octanol–water partition coefficient (Wildman–Crippen LogP) is 3.46. The number of carbonyl (C=O) groups excluding carboxylic acids is 2. The maximum Gasteiger partial charge on any atom is 0.341 e. The molecule has 8 nitrogen and oxygen atoms in total. The Balaban J connectivity index is 1.39. The molecule has 184 valence electrons. The van der Waals surface area contributed by atoms with Crippen LogP contribution in [0.15, 0.2) is 64.9 Å². The number of piperazine rings is 1. The van der Waals surface area contributed by atoms with Crippen LogP contribution in [0, 0.1) is 6.92 Å². The zero-order chi connectivity index (χ0) is 25.0. The van der Waals surface area contributed by atoms with Crippen molar-refractivity contribution in [2.45, 2.75) is 11.8 Å². The van der Waals surface area contributed by atoms with Crippen LogP contribution in [0.4, 0.5) is 5.00 Å². The molecule has 1 amide bonds. The van der Waals surface area contributed by atoms with Crippen molar-refractivity contribution in [3.8, 4) is 11.1 Å². The van der Waals surface area contributed by atoms with Gasteiger partial charge in [0.2, 0.25) is 15.9 Å². The molecule has 0 aliphatic carbocycles. The standard InChI is InChI=1S/C25H27N3O5S2/c1-18-8-10-20(11-9-18)35(31,32)28-14-12-27(13-15-28)16-22(29)26-24-23(25(30)33-2)21(17-34-24)19-6-4-3-5-7-19/h3-11,17H,12-16H2,1-2H3,(H,26,29). The van der Waals surface area contributed by atoms with Gasteiger partial charge in [-0.3, -0.25) is 9.69 Å². The number of aryl methyl sites for hydroxylation is 1. The fraction of sp³-hybridized carbons (Fsp3) is 0.280. The van der Waals surface area contributed by atoms with Crippen LogP contribution in [0.5, 0.6) is 0 Å². The van der Waals surface area contributed by atoms with Crippen molar-refractivity contribution in [2.75, 3.05) is 45.2 Å². The second-order valence-corrected chi connectivity index (χ2v) is 11.1. The Hall–Kier alpha value is -3.05. The van der Waals surface area contributed by atoms with E-state index in [-0.39, 0.29) is 17.3 Å². The molecule has 10 heteroatoms. The first kappa shape index (κ1) is 25.1. The highest BCUT2D eigenvalue weighted by Crippen LogP contribution is 2.36. The molecule has 0 spiro atoms. The molecule has 0 atom stereocenters. The van der Waals surface area contributed by atoms with Gasteiger partial charge < -0.3 is 10.1 Å². The van der Waals surface area contributed by atoms with Crippen molar-refractivity contribution >= 4 is 38.2 Å². The second-order valence-electron chi connectivity index (χ2n) is 8.25. The molecule has 0 saturated carbocycles. The van der Waals surface area contributed by atoms with Crippen molar-refractivity contribution in [1.82, 2.24) is 9.21 Å². The highest BCUT2D eigenvalue weighted by atomic mass is 32.2. The predicted molar refractivity (Wildman–Crippen MR) is 136 cm³/mol. The molecule has 0 bridgehead atoms. The van der Waals surface area contributed by atoms with E-state index in [0.29, 0.717) is 42.3 Å². The summed E-state index contributed by atoms with van der Waals surface area (Å²) in [5, 5.41) is 5.10. The maximum atomic E-state index is 12.9. The number of nitrogens with zero attached hydrogens (tertiary/aromatic N) is 2. The fourth-order valence-corrected chi connectivity index (χ4v) is 6.34. The van der Waals surface area contributed by atoms with E-state index < -0.39 is 16.0 Å². The molecule has 1 aromatic heterocycles. The minimum absolute atomic E-state index is 0.0948. The van der Waals surface area contributed by atoms with E-state index in [0.717, 1.165) is 11.1 Å². The first-order valence-electron chi connectivity index (χ1n) is 11.1. The Morgan fingerprint density at radius 2 is 1.66 bits per heavy atom. The molecule has 0 unspecified atom stereocenters. The number of methoxy groups -OCH3 is 1. The minimum atomic E-state index is -3.56. The summed E-state index contributed by atoms with van der Waals surface area (Å²) in [6.45, 7) is 3.47. The van der Waals surface area contributed by atoms with Gasteiger partial charge in [0.25, 0.3) is 0 Å². The molecule has 0 radical (unpaired) electrons. The van der Waals surface area contributed by atoms with Gasteiger partial charge in [-0.25, -0.2) is 13.2 Å². The number of thiophene rings is 1. The number of ether oxygens (including phenoxy) is 1. The first-order valence-corrected chi connectivity index (χ1v) is 13.5. The van der Waals surface area contributed by atoms with Crippen LogP contribution in [0.3, 0.4) is 0 Å². The zero-order valence-electron chi connectivity index (χ0n) is 19.6. The second kappa shape index (κ2) is 10.7. The molecule has 3 aromatic rings. The third-order valence-electron chi connectivity index (χ3n) is 5.88. The van der Waals surface area contributed by atoms with Crippen LogP contribution in [0.1, 0.15) is 15.9 Å². The van der Waals surface area contributed by atoms with Crippen molar-refractivity contribution in [1.29, 1.82) is 0 Å². The summed E-state index contributed by atoms with van der Waals surface area (Å²) in [6, 6.07) is 16.2. The Morgan fingerprint density at radius 1 is 1.00 bits per heavy atom. The highest BCUT2D eigenvalue weighted by molar-refractivity contribution is 7.89. The van der Waals surface area contributed by atoms with E-state index in [4.69, 9.17) is 4.74 Å². The Labute approximate surface area is 209 Å². The number of hydrogen-bond acceptors (Lipinski definition) is 7. The molecule has 1 aliphatic rings. The number of hydrogen-bond donors (Lipinski definition) is 1. The third-order valence-corrected chi connectivity index (χ3v) is 8.68. The molecule has 2 heterocycles. The summed E-state index contributed by atoms with van der Waals surface area (Å²) < 4.78 is 32.2. The Bertz CT molecular complexity index is 1300. The monoisotopic (exact) mass is 513 g/mol. The van der Waals surface area contributed by atoms with Gasteiger partial charge in [-0.05, 0) is 24.6 Å². The summed E-state index contributed by atoms with van der Waals surface area (Å²) in [4.78, 5) is 27.5. The van der Waals surface area contributed by atoms with Gasteiger partial charge in [-0.15, -0.1) is 11.3 Å². The van der Waals surface area contributed by atoms with Gasteiger partial charge in [-0.1, -0.05) is 48.0 Å². The number of anilines is 1. The van der Waals surface area contributed by atoms with Crippen LogP contribution in [0.2, 0.25) is 0 Å². The van der Waals surface area contributed by atoms with Crippen LogP contribution in [0.25, 0.3) is 11.1 Å². The van der Waals surface area contributed by atoms with Crippen molar-refractivity contribution < 1.29 is 22.7 Å². The summed E-state index contributed by atoms with van der Waals surface area (Å²) >= 11 is 1.27. The topological polar surface area (TPSA) is 96.0 Å². The molecule has 2 aromatic carbocycles. The average Bonchev–Trinajstić information content (AvgIpc) is 3.28. The quantitative estimate of drug-likeness (QED) is 0.486. The third kappa shape index (κ3) is 5.62.